The highest BCUT2D eigenvalue weighted by Gasteiger charge is 2.37. The molecule has 1 aromatic heterocycles. The SMILES string of the molecule is CCC(CC)(CC(=O)Nc1cccc(/C=C/c2cccc(COCCCCc3ccc(O)c(C)c3)n2)c1)C(=O)O. The summed E-state index contributed by atoms with van der Waals surface area (Å²) in [5.41, 5.74) is 4.24. The lowest BCUT2D eigenvalue weighted by atomic mass is 9.79. The van der Waals surface area contributed by atoms with Gasteiger partial charge in [-0.25, -0.2) is 0 Å². The highest BCUT2D eigenvalue weighted by molar-refractivity contribution is 5.94. The topological polar surface area (TPSA) is 109 Å². The summed E-state index contributed by atoms with van der Waals surface area (Å²) in [6, 6.07) is 19.0. The lowest BCUT2D eigenvalue weighted by Crippen LogP contribution is -2.34. The molecule has 2 aromatic carbocycles. The quantitative estimate of drug-likeness (QED) is 0.177. The number of rotatable bonds is 15. The second kappa shape index (κ2) is 15.0. The fraction of sp³-hybridized carbons (Fsp3) is 0.364. The second-order valence-electron chi connectivity index (χ2n) is 10.2. The summed E-state index contributed by atoms with van der Waals surface area (Å²) in [4.78, 5) is 29.0. The predicted molar refractivity (Wildman–Crippen MR) is 159 cm³/mol. The number of pyridine rings is 1. The van der Waals surface area contributed by atoms with Gasteiger partial charge in [0, 0.05) is 18.7 Å². The third-order valence-corrected chi connectivity index (χ3v) is 7.27. The number of aromatic hydroxyl groups is 1. The summed E-state index contributed by atoms with van der Waals surface area (Å²) in [6.07, 6.45) is 7.47. The number of ether oxygens (including phenoxy) is 1. The van der Waals surface area contributed by atoms with Gasteiger partial charge < -0.3 is 20.3 Å². The van der Waals surface area contributed by atoms with Gasteiger partial charge in [0.2, 0.25) is 5.91 Å². The van der Waals surface area contributed by atoms with Crippen LogP contribution in [0.3, 0.4) is 0 Å². The van der Waals surface area contributed by atoms with Crippen molar-refractivity contribution >= 4 is 29.7 Å². The highest BCUT2D eigenvalue weighted by Crippen LogP contribution is 2.31. The Morgan fingerprint density at radius 2 is 1.77 bits per heavy atom. The predicted octanol–water partition coefficient (Wildman–Crippen LogP) is 7.03. The van der Waals surface area contributed by atoms with E-state index in [1.807, 2.05) is 67.6 Å². The summed E-state index contributed by atoms with van der Waals surface area (Å²) in [6.45, 7) is 6.60. The van der Waals surface area contributed by atoms with E-state index in [9.17, 15) is 19.8 Å². The number of aliphatic carboxylic acids is 1. The van der Waals surface area contributed by atoms with Crippen LogP contribution in [0, 0.1) is 12.3 Å². The van der Waals surface area contributed by atoms with Gasteiger partial charge in [-0.2, -0.15) is 0 Å². The molecule has 3 N–H and O–H groups in total. The number of hydrogen-bond acceptors (Lipinski definition) is 5. The van der Waals surface area contributed by atoms with Crippen molar-refractivity contribution in [3.05, 3.63) is 88.7 Å². The molecule has 40 heavy (non-hydrogen) atoms. The van der Waals surface area contributed by atoms with E-state index in [0.717, 1.165) is 41.8 Å². The van der Waals surface area contributed by atoms with Crippen LogP contribution >= 0.6 is 0 Å². The Morgan fingerprint density at radius 1 is 1.00 bits per heavy atom. The number of aromatic nitrogens is 1. The van der Waals surface area contributed by atoms with Crippen molar-refractivity contribution in [3.8, 4) is 5.75 Å². The van der Waals surface area contributed by atoms with Crippen LogP contribution in [0.25, 0.3) is 12.2 Å². The average molecular weight is 545 g/mol. The Morgan fingerprint density at radius 3 is 2.50 bits per heavy atom. The van der Waals surface area contributed by atoms with Crippen LogP contribution in [0.1, 0.15) is 74.0 Å². The van der Waals surface area contributed by atoms with Crippen LogP contribution in [-0.4, -0.2) is 33.7 Å². The van der Waals surface area contributed by atoms with Gasteiger partial charge in [-0.1, -0.05) is 50.3 Å². The maximum atomic E-state index is 12.6. The van der Waals surface area contributed by atoms with Gasteiger partial charge in [-0.15, -0.1) is 0 Å². The normalized spacial score (nSPS) is 11.6. The zero-order valence-electron chi connectivity index (χ0n) is 23.7. The summed E-state index contributed by atoms with van der Waals surface area (Å²) in [5.74, 6) is -0.916. The third-order valence-electron chi connectivity index (χ3n) is 7.27. The van der Waals surface area contributed by atoms with Crippen LogP contribution in [0.5, 0.6) is 5.75 Å². The number of nitrogens with zero attached hydrogens (tertiary/aromatic N) is 1. The standard InChI is InChI=1S/C33H40N2O5/c1-4-33(5-2,32(38)39)22-31(37)35-28-13-8-11-26(21-28)15-17-27-12-9-14-29(34-27)23-40-19-7-6-10-25-16-18-30(36)24(3)20-25/h8-9,11-18,20-21,36H,4-7,10,19,22-23H2,1-3H3,(H,35,37)(H,38,39)/b17-15+. The molecule has 0 unspecified atom stereocenters. The van der Waals surface area contributed by atoms with Crippen LogP contribution in [0.2, 0.25) is 0 Å². The Bertz CT molecular complexity index is 1310. The molecule has 0 radical (unpaired) electrons. The number of carboxylic acid groups (broad SMARTS) is 1. The van der Waals surface area contributed by atoms with Gasteiger partial charge in [-0.3, -0.25) is 14.6 Å². The van der Waals surface area contributed by atoms with Gasteiger partial charge in [0.25, 0.3) is 0 Å². The molecule has 3 aromatic rings. The molecule has 1 heterocycles. The van der Waals surface area contributed by atoms with Crippen molar-refractivity contribution in [2.45, 2.75) is 65.9 Å². The van der Waals surface area contributed by atoms with Crippen molar-refractivity contribution < 1.29 is 24.5 Å². The number of benzene rings is 2. The summed E-state index contributed by atoms with van der Waals surface area (Å²) < 4.78 is 5.83. The van der Waals surface area contributed by atoms with Crippen LogP contribution in [0.15, 0.2) is 60.7 Å². The molecule has 3 rings (SSSR count). The number of carbonyl (C=O) groups is 2. The van der Waals surface area contributed by atoms with Crippen molar-refractivity contribution in [3.63, 3.8) is 0 Å². The molecule has 212 valence electrons. The first-order valence-corrected chi connectivity index (χ1v) is 13.9. The summed E-state index contributed by atoms with van der Waals surface area (Å²) in [7, 11) is 0. The van der Waals surface area contributed by atoms with E-state index >= 15 is 0 Å². The van der Waals surface area contributed by atoms with E-state index in [2.05, 4.69) is 10.3 Å². The van der Waals surface area contributed by atoms with E-state index in [1.54, 1.807) is 26.0 Å². The Kier molecular flexibility index (Phi) is 11.5. The van der Waals surface area contributed by atoms with E-state index in [4.69, 9.17) is 4.74 Å². The average Bonchev–Trinajstić information content (AvgIpc) is 2.94. The minimum Gasteiger partial charge on any atom is -0.508 e. The monoisotopic (exact) mass is 544 g/mol. The summed E-state index contributed by atoms with van der Waals surface area (Å²) in [5, 5.41) is 22.1. The van der Waals surface area contributed by atoms with Gasteiger partial charge in [0.1, 0.15) is 5.75 Å². The van der Waals surface area contributed by atoms with Crippen molar-refractivity contribution in [2.75, 3.05) is 11.9 Å². The number of carbonyl (C=O) groups excluding carboxylic acids is 1. The maximum Gasteiger partial charge on any atom is 0.310 e. The zero-order valence-corrected chi connectivity index (χ0v) is 23.7. The number of hydrogen-bond donors (Lipinski definition) is 3. The van der Waals surface area contributed by atoms with Crippen molar-refractivity contribution in [2.24, 2.45) is 5.41 Å². The highest BCUT2D eigenvalue weighted by atomic mass is 16.5. The van der Waals surface area contributed by atoms with Gasteiger partial charge >= 0.3 is 5.97 Å². The van der Waals surface area contributed by atoms with E-state index in [-0.39, 0.29) is 12.3 Å². The fourth-order valence-corrected chi connectivity index (χ4v) is 4.55. The van der Waals surface area contributed by atoms with Crippen LogP contribution < -0.4 is 5.32 Å². The number of phenols is 1. The first-order valence-electron chi connectivity index (χ1n) is 13.9. The second-order valence-corrected chi connectivity index (χ2v) is 10.2. The fourth-order valence-electron chi connectivity index (χ4n) is 4.55. The molecule has 7 heteroatoms. The number of unbranched alkanes of at least 4 members (excludes halogenated alkanes) is 1. The lowest BCUT2D eigenvalue weighted by Gasteiger charge is -2.25. The Balaban J connectivity index is 1.47. The van der Waals surface area contributed by atoms with E-state index in [0.29, 0.717) is 37.5 Å². The number of aryl methyl sites for hydroxylation is 2. The first kappa shape index (κ1) is 30.6. The van der Waals surface area contributed by atoms with E-state index in [1.165, 1.54) is 5.56 Å². The molecule has 0 aliphatic rings. The van der Waals surface area contributed by atoms with E-state index < -0.39 is 11.4 Å². The molecule has 0 aliphatic heterocycles. The molecule has 0 saturated carbocycles. The van der Waals surface area contributed by atoms with Gasteiger partial charge in [0.15, 0.2) is 0 Å². The minimum atomic E-state index is -1.05. The number of phenolic OH excluding ortho intramolecular Hbond substituents is 1. The lowest BCUT2D eigenvalue weighted by molar-refractivity contribution is -0.151. The first-order chi connectivity index (χ1) is 19.2. The zero-order chi connectivity index (χ0) is 29.0. The Labute approximate surface area is 236 Å². The largest absolute Gasteiger partial charge is 0.508 e. The molecule has 7 nitrogen and oxygen atoms in total. The number of anilines is 1. The molecule has 0 fully saturated rings. The molecule has 0 saturated heterocycles. The van der Waals surface area contributed by atoms with Gasteiger partial charge in [0.05, 0.1) is 23.4 Å². The molecular weight excluding hydrogens is 504 g/mol. The molecule has 0 bridgehead atoms. The molecule has 0 spiro atoms. The smallest absolute Gasteiger partial charge is 0.310 e. The van der Waals surface area contributed by atoms with Crippen molar-refractivity contribution in [1.82, 2.24) is 4.98 Å². The minimum absolute atomic E-state index is 0.0632. The third kappa shape index (κ3) is 9.06. The van der Waals surface area contributed by atoms with Gasteiger partial charge in [-0.05, 0) is 92.1 Å². The molecular formula is C33H40N2O5. The van der Waals surface area contributed by atoms with Crippen LogP contribution in [-0.2, 0) is 27.4 Å². The summed E-state index contributed by atoms with van der Waals surface area (Å²) >= 11 is 0. The number of carboxylic acids is 1. The molecule has 0 atom stereocenters. The van der Waals surface area contributed by atoms with Crippen LogP contribution in [0.4, 0.5) is 5.69 Å². The maximum absolute atomic E-state index is 12.6. The number of nitrogens with one attached hydrogen (secondary N) is 1. The molecule has 1 amide bonds. The number of amides is 1. The molecule has 0 aliphatic carbocycles. The van der Waals surface area contributed by atoms with Crippen molar-refractivity contribution in [1.29, 1.82) is 0 Å². The Hall–Kier alpha value is -3.97.